The molecule has 0 saturated heterocycles. The minimum absolute atomic E-state index is 0.0851. The van der Waals surface area contributed by atoms with Crippen molar-refractivity contribution in [3.63, 3.8) is 0 Å². The number of H-pyrrole nitrogens is 1. The van der Waals surface area contributed by atoms with Gasteiger partial charge in [-0.25, -0.2) is 9.67 Å². The van der Waals surface area contributed by atoms with Gasteiger partial charge in [-0.05, 0) is 48.5 Å². The number of benzene rings is 2. The summed E-state index contributed by atoms with van der Waals surface area (Å²) in [7, 11) is 1.59. The van der Waals surface area contributed by atoms with Crippen LogP contribution in [0.1, 0.15) is 10.4 Å². The molecule has 2 heterocycles. The van der Waals surface area contributed by atoms with Crippen molar-refractivity contribution in [3.8, 4) is 11.4 Å². The largest absolute Gasteiger partial charge is 0.497 e. The summed E-state index contributed by atoms with van der Waals surface area (Å²) in [5.41, 5.74) is 1.40. The topological polar surface area (TPSA) is 89.9 Å². The van der Waals surface area contributed by atoms with Crippen LogP contribution in [0.2, 0.25) is 5.02 Å². The van der Waals surface area contributed by atoms with E-state index < -0.39 is 0 Å². The summed E-state index contributed by atoms with van der Waals surface area (Å²) >= 11 is 7.01. The molecule has 4 rings (SSSR count). The maximum atomic E-state index is 12.4. The Morgan fingerprint density at radius 3 is 2.59 bits per heavy atom. The van der Waals surface area contributed by atoms with Crippen LogP contribution in [0.4, 0.5) is 0 Å². The number of aromatic amines is 1. The summed E-state index contributed by atoms with van der Waals surface area (Å²) < 4.78 is 6.75. The fraction of sp³-hybridized carbons (Fsp3) is 0.100. The summed E-state index contributed by atoms with van der Waals surface area (Å²) in [4.78, 5) is 32.0. The van der Waals surface area contributed by atoms with Crippen LogP contribution in [0.5, 0.6) is 5.75 Å². The number of halogens is 1. The highest BCUT2D eigenvalue weighted by atomic mass is 35.5. The molecule has 2 aromatic carbocycles. The van der Waals surface area contributed by atoms with Crippen LogP contribution in [0.3, 0.4) is 0 Å². The molecule has 4 aromatic rings. The number of thioether (sulfide) groups is 1. The zero-order valence-corrected chi connectivity index (χ0v) is 16.8. The Hall–Kier alpha value is -3.10. The van der Waals surface area contributed by atoms with Gasteiger partial charge >= 0.3 is 0 Å². The van der Waals surface area contributed by atoms with E-state index in [1.165, 1.54) is 6.20 Å². The van der Waals surface area contributed by atoms with E-state index in [1.807, 2.05) is 12.1 Å². The minimum Gasteiger partial charge on any atom is -0.497 e. The molecular formula is C20H15ClN4O3S. The zero-order valence-electron chi connectivity index (χ0n) is 15.3. The standard InChI is InChI=1S/C20H15ClN4O3S/c1-28-15-8-6-14(7-9-15)25-18-16(10-22-25)19(27)24-20(23-18)29-11-17(26)12-2-4-13(21)5-3-12/h2-10H,11H2,1H3,(H,23,24,27). The average molecular weight is 427 g/mol. The molecule has 0 atom stereocenters. The number of hydrogen-bond acceptors (Lipinski definition) is 6. The van der Waals surface area contributed by atoms with E-state index in [0.717, 1.165) is 17.4 Å². The predicted molar refractivity (Wildman–Crippen MR) is 113 cm³/mol. The van der Waals surface area contributed by atoms with Gasteiger partial charge < -0.3 is 9.72 Å². The number of hydrogen-bond donors (Lipinski definition) is 1. The van der Waals surface area contributed by atoms with Gasteiger partial charge in [-0.2, -0.15) is 5.10 Å². The van der Waals surface area contributed by atoms with Gasteiger partial charge in [-0.15, -0.1) is 0 Å². The van der Waals surface area contributed by atoms with Crippen molar-refractivity contribution in [1.82, 2.24) is 19.7 Å². The predicted octanol–water partition coefficient (Wildman–Crippen LogP) is 3.75. The van der Waals surface area contributed by atoms with E-state index in [2.05, 4.69) is 15.1 Å². The molecule has 0 aliphatic carbocycles. The zero-order chi connectivity index (χ0) is 20.4. The van der Waals surface area contributed by atoms with Crippen LogP contribution in [0.15, 0.2) is 64.7 Å². The number of rotatable bonds is 6. The van der Waals surface area contributed by atoms with Crippen molar-refractivity contribution in [2.45, 2.75) is 5.16 Å². The Kier molecular flexibility index (Phi) is 5.37. The lowest BCUT2D eigenvalue weighted by atomic mass is 10.1. The fourth-order valence-corrected chi connectivity index (χ4v) is 3.61. The van der Waals surface area contributed by atoms with Gasteiger partial charge in [-0.3, -0.25) is 9.59 Å². The van der Waals surface area contributed by atoms with E-state index in [0.29, 0.717) is 32.5 Å². The smallest absolute Gasteiger partial charge is 0.262 e. The molecule has 2 aromatic heterocycles. The molecule has 0 aliphatic heterocycles. The second kappa shape index (κ2) is 8.10. The van der Waals surface area contributed by atoms with Gasteiger partial charge in [-0.1, -0.05) is 23.4 Å². The number of carbonyl (C=O) groups excluding carboxylic acids is 1. The lowest BCUT2D eigenvalue weighted by Gasteiger charge is -2.06. The number of Topliss-reactive ketones (excluding diaryl/α,β-unsaturated/α-hetero) is 1. The summed E-state index contributed by atoms with van der Waals surface area (Å²) in [6, 6.07) is 13.9. The lowest BCUT2D eigenvalue weighted by Crippen LogP contribution is -2.11. The second-order valence-electron chi connectivity index (χ2n) is 6.08. The van der Waals surface area contributed by atoms with Crippen molar-refractivity contribution < 1.29 is 9.53 Å². The van der Waals surface area contributed by atoms with Crippen molar-refractivity contribution in [2.24, 2.45) is 0 Å². The van der Waals surface area contributed by atoms with Crippen molar-refractivity contribution in [3.05, 3.63) is 75.7 Å². The van der Waals surface area contributed by atoms with Crippen LogP contribution in [0.25, 0.3) is 16.7 Å². The maximum absolute atomic E-state index is 12.4. The molecule has 0 fully saturated rings. The third-order valence-corrected chi connectivity index (χ3v) is 5.36. The first-order valence-corrected chi connectivity index (χ1v) is 9.95. The van der Waals surface area contributed by atoms with Crippen LogP contribution in [-0.2, 0) is 0 Å². The van der Waals surface area contributed by atoms with Crippen LogP contribution >= 0.6 is 23.4 Å². The van der Waals surface area contributed by atoms with Gasteiger partial charge in [0.2, 0.25) is 0 Å². The Morgan fingerprint density at radius 1 is 1.17 bits per heavy atom. The summed E-state index contributed by atoms with van der Waals surface area (Å²) in [6.07, 6.45) is 1.47. The second-order valence-corrected chi connectivity index (χ2v) is 7.48. The molecule has 0 radical (unpaired) electrons. The third kappa shape index (κ3) is 4.03. The third-order valence-electron chi connectivity index (χ3n) is 4.24. The van der Waals surface area contributed by atoms with Crippen molar-refractivity contribution >= 4 is 40.2 Å². The van der Waals surface area contributed by atoms with Crippen LogP contribution in [0, 0.1) is 0 Å². The van der Waals surface area contributed by atoms with Gasteiger partial charge in [0.05, 0.1) is 24.7 Å². The van der Waals surface area contributed by atoms with Crippen LogP contribution < -0.4 is 10.3 Å². The summed E-state index contributed by atoms with van der Waals surface area (Å²) in [5, 5.41) is 5.56. The summed E-state index contributed by atoms with van der Waals surface area (Å²) in [6.45, 7) is 0. The maximum Gasteiger partial charge on any atom is 0.262 e. The first-order valence-electron chi connectivity index (χ1n) is 8.59. The number of nitrogens with zero attached hydrogens (tertiary/aromatic N) is 3. The van der Waals surface area contributed by atoms with E-state index in [-0.39, 0.29) is 17.1 Å². The molecule has 0 aliphatic rings. The molecule has 0 unspecified atom stereocenters. The number of fused-ring (bicyclic) bond motifs is 1. The average Bonchev–Trinajstić information content (AvgIpc) is 3.17. The highest BCUT2D eigenvalue weighted by Crippen LogP contribution is 2.21. The highest BCUT2D eigenvalue weighted by molar-refractivity contribution is 7.99. The molecule has 7 nitrogen and oxygen atoms in total. The SMILES string of the molecule is COc1ccc(-n2ncc3c(=O)[nH]c(SCC(=O)c4ccc(Cl)cc4)nc32)cc1. The van der Waals surface area contributed by atoms with E-state index in [1.54, 1.807) is 48.2 Å². The molecule has 9 heteroatoms. The lowest BCUT2D eigenvalue weighted by molar-refractivity contribution is 0.102. The number of ketones is 1. The molecule has 0 saturated carbocycles. The molecule has 146 valence electrons. The summed E-state index contributed by atoms with van der Waals surface area (Å²) in [5.74, 6) is 0.762. The molecule has 1 N–H and O–H groups in total. The molecule has 0 bridgehead atoms. The monoisotopic (exact) mass is 426 g/mol. The fourth-order valence-electron chi connectivity index (χ4n) is 2.73. The highest BCUT2D eigenvalue weighted by Gasteiger charge is 2.14. The Bertz CT molecular complexity index is 1230. The normalized spacial score (nSPS) is 11.0. The first-order chi connectivity index (χ1) is 14.0. The van der Waals surface area contributed by atoms with E-state index >= 15 is 0 Å². The van der Waals surface area contributed by atoms with E-state index in [4.69, 9.17) is 16.3 Å². The number of ether oxygens (including phenoxy) is 1. The van der Waals surface area contributed by atoms with Crippen molar-refractivity contribution in [1.29, 1.82) is 0 Å². The Morgan fingerprint density at radius 2 is 1.90 bits per heavy atom. The molecule has 0 spiro atoms. The minimum atomic E-state index is -0.309. The van der Waals surface area contributed by atoms with Crippen molar-refractivity contribution in [2.75, 3.05) is 12.9 Å². The quantitative estimate of drug-likeness (QED) is 0.287. The number of carbonyl (C=O) groups is 1. The van der Waals surface area contributed by atoms with Crippen LogP contribution in [-0.4, -0.2) is 38.4 Å². The first kappa shape index (κ1) is 19.2. The molecule has 29 heavy (non-hydrogen) atoms. The van der Waals surface area contributed by atoms with E-state index in [9.17, 15) is 9.59 Å². The van der Waals surface area contributed by atoms with Gasteiger partial charge in [0.25, 0.3) is 5.56 Å². The molecular weight excluding hydrogens is 412 g/mol. The Balaban J connectivity index is 1.61. The van der Waals surface area contributed by atoms with Gasteiger partial charge in [0, 0.05) is 10.6 Å². The van der Waals surface area contributed by atoms with Gasteiger partial charge in [0.15, 0.2) is 16.6 Å². The number of methoxy groups -OCH3 is 1. The number of nitrogens with one attached hydrogen (secondary N) is 1. The Labute approximate surface area is 174 Å². The van der Waals surface area contributed by atoms with Gasteiger partial charge in [0.1, 0.15) is 11.1 Å². The number of aromatic nitrogens is 4. The molecule has 0 amide bonds.